The van der Waals surface area contributed by atoms with Gasteiger partial charge in [-0.3, -0.25) is 0 Å². The van der Waals surface area contributed by atoms with Gasteiger partial charge in [0.2, 0.25) is 12.2 Å². The molecule has 1 atom stereocenters. The molecule has 28 heavy (non-hydrogen) atoms. The maximum absolute atomic E-state index is 6.21. The van der Waals surface area contributed by atoms with Crippen LogP contribution in [-0.2, 0) is 18.0 Å². The smallest absolute Gasteiger partial charge is 0.227 e. The molecule has 0 spiro atoms. The Morgan fingerprint density at radius 1 is 1.14 bits per heavy atom. The van der Waals surface area contributed by atoms with Gasteiger partial charge in [0.1, 0.15) is 23.5 Å². The molecule has 7 heteroatoms. The highest BCUT2D eigenvalue weighted by molar-refractivity contribution is 9.10. The lowest BCUT2D eigenvalue weighted by molar-refractivity contribution is -0.112. The SMILES string of the molecule is Brc1cc(COc2ncnc3sccc23)c2c(c1)CO[C@@H](c1ccccc1)O2. The van der Waals surface area contributed by atoms with E-state index in [0.717, 1.165) is 37.1 Å². The number of thiophene rings is 1. The molecule has 1 aliphatic heterocycles. The zero-order valence-electron chi connectivity index (χ0n) is 14.7. The van der Waals surface area contributed by atoms with Crippen molar-refractivity contribution < 1.29 is 14.2 Å². The first-order valence-corrected chi connectivity index (χ1v) is 10.4. The van der Waals surface area contributed by atoms with E-state index in [0.29, 0.717) is 19.1 Å². The van der Waals surface area contributed by atoms with Crippen LogP contribution in [0.15, 0.2) is 64.7 Å². The lowest BCUT2D eigenvalue weighted by atomic mass is 10.1. The van der Waals surface area contributed by atoms with Crippen LogP contribution in [0.4, 0.5) is 0 Å². The van der Waals surface area contributed by atoms with Gasteiger partial charge < -0.3 is 14.2 Å². The lowest BCUT2D eigenvalue weighted by Crippen LogP contribution is -2.19. The first-order valence-electron chi connectivity index (χ1n) is 8.73. The molecular formula is C21H15BrN2O3S. The van der Waals surface area contributed by atoms with Crippen molar-refractivity contribution in [2.75, 3.05) is 0 Å². The molecule has 2 aromatic carbocycles. The van der Waals surface area contributed by atoms with Gasteiger partial charge in [-0.05, 0) is 23.6 Å². The predicted octanol–water partition coefficient (Wildman–Crippen LogP) is 5.64. The maximum Gasteiger partial charge on any atom is 0.227 e. The zero-order valence-corrected chi connectivity index (χ0v) is 17.1. The largest absolute Gasteiger partial charge is 0.472 e. The third-order valence-electron chi connectivity index (χ3n) is 4.48. The Bertz CT molecular complexity index is 1130. The summed E-state index contributed by atoms with van der Waals surface area (Å²) < 4.78 is 19.1. The van der Waals surface area contributed by atoms with Crippen molar-refractivity contribution >= 4 is 37.5 Å². The molecule has 0 saturated heterocycles. The van der Waals surface area contributed by atoms with Crippen LogP contribution in [0.2, 0.25) is 0 Å². The van der Waals surface area contributed by atoms with E-state index in [9.17, 15) is 0 Å². The van der Waals surface area contributed by atoms with E-state index in [2.05, 4.69) is 25.9 Å². The minimum absolute atomic E-state index is 0.339. The molecule has 140 valence electrons. The topological polar surface area (TPSA) is 53.5 Å². The van der Waals surface area contributed by atoms with E-state index in [-0.39, 0.29) is 0 Å². The van der Waals surface area contributed by atoms with Gasteiger partial charge in [-0.1, -0.05) is 46.3 Å². The molecule has 3 heterocycles. The number of hydrogen-bond donors (Lipinski definition) is 0. The molecule has 2 aromatic heterocycles. The van der Waals surface area contributed by atoms with Gasteiger partial charge in [-0.15, -0.1) is 11.3 Å². The normalized spacial score (nSPS) is 15.8. The predicted molar refractivity (Wildman–Crippen MR) is 110 cm³/mol. The number of rotatable bonds is 4. The van der Waals surface area contributed by atoms with Gasteiger partial charge >= 0.3 is 0 Å². The Balaban J connectivity index is 1.44. The van der Waals surface area contributed by atoms with Crippen molar-refractivity contribution in [1.82, 2.24) is 9.97 Å². The first kappa shape index (κ1) is 17.6. The summed E-state index contributed by atoms with van der Waals surface area (Å²) in [7, 11) is 0. The van der Waals surface area contributed by atoms with Crippen molar-refractivity contribution in [2.24, 2.45) is 0 Å². The molecule has 0 N–H and O–H groups in total. The number of halogens is 1. The summed E-state index contributed by atoms with van der Waals surface area (Å²) in [6, 6.07) is 15.9. The van der Waals surface area contributed by atoms with Crippen LogP contribution in [0, 0.1) is 0 Å². The monoisotopic (exact) mass is 454 g/mol. The Kier molecular flexibility index (Phi) is 4.72. The molecule has 0 radical (unpaired) electrons. The van der Waals surface area contributed by atoms with Gasteiger partial charge in [-0.2, -0.15) is 0 Å². The number of ether oxygens (including phenoxy) is 3. The Morgan fingerprint density at radius 3 is 2.93 bits per heavy atom. The van der Waals surface area contributed by atoms with E-state index in [1.807, 2.05) is 53.9 Å². The quantitative estimate of drug-likeness (QED) is 0.399. The average molecular weight is 455 g/mol. The van der Waals surface area contributed by atoms with Gasteiger partial charge in [0.05, 0.1) is 12.0 Å². The van der Waals surface area contributed by atoms with Gasteiger partial charge in [0.15, 0.2) is 0 Å². The number of fused-ring (bicyclic) bond motifs is 2. The molecular weight excluding hydrogens is 440 g/mol. The van der Waals surface area contributed by atoms with Crippen LogP contribution in [0.25, 0.3) is 10.2 Å². The summed E-state index contributed by atoms with van der Waals surface area (Å²) in [5, 5.41) is 2.90. The lowest BCUT2D eigenvalue weighted by Gasteiger charge is -2.28. The summed E-state index contributed by atoms with van der Waals surface area (Å²) in [5.41, 5.74) is 2.91. The summed E-state index contributed by atoms with van der Waals surface area (Å²) in [4.78, 5) is 9.46. The van der Waals surface area contributed by atoms with Crippen molar-refractivity contribution in [3.05, 3.63) is 81.4 Å². The highest BCUT2D eigenvalue weighted by Crippen LogP contribution is 2.38. The van der Waals surface area contributed by atoms with Gasteiger partial charge in [0, 0.05) is 21.2 Å². The second-order valence-corrected chi connectivity index (χ2v) is 8.14. The summed E-state index contributed by atoms with van der Waals surface area (Å²) >= 11 is 5.14. The molecule has 4 aromatic rings. The van der Waals surface area contributed by atoms with Crippen molar-refractivity contribution in [2.45, 2.75) is 19.5 Å². The minimum Gasteiger partial charge on any atom is -0.472 e. The van der Waals surface area contributed by atoms with Crippen molar-refractivity contribution in [1.29, 1.82) is 0 Å². The third-order valence-corrected chi connectivity index (χ3v) is 5.76. The van der Waals surface area contributed by atoms with Crippen LogP contribution in [0.5, 0.6) is 11.6 Å². The molecule has 5 nitrogen and oxygen atoms in total. The van der Waals surface area contributed by atoms with Crippen molar-refractivity contribution in [3.8, 4) is 11.6 Å². The average Bonchev–Trinajstić information content (AvgIpc) is 3.22. The summed E-state index contributed by atoms with van der Waals surface area (Å²) in [5.74, 6) is 1.38. The van der Waals surface area contributed by atoms with Crippen LogP contribution < -0.4 is 9.47 Å². The molecule has 1 aliphatic rings. The number of hydrogen-bond acceptors (Lipinski definition) is 6. The first-order chi connectivity index (χ1) is 13.8. The number of aromatic nitrogens is 2. The van der Waals surface area contributed by atoms with Gasteiger partial charge in [-0.25, -0.2) is 9.97 Å². The third kappa shape index (κ3) is 3.37. The second-order valence-electron chi connectivity index (χ2n) is 6.33. The number of nitrogens with zero attached hydrogens (tertiary/aromatic N) is 2. The molecule has 0 amide bonds. The van der Waals surface area contributed by atoms with Crippen LogP contribution >= 0.6 is 27.3 Å². The van der Waals surface area contributed by atoms with E-state index < -0.39 is 6.29 Å². The van der Waals surface area contributed by atoms with E-state index in [1.54, 1.807) is 11.3 Å². The van der Waals surface area contributed by atoms with E-state index in [1.165, 1.54) is 6.33 Å². The Morgan fingerprint density at radius 2 is 2.04 bits per heavy atom. The van der Waals surface area contributed by atoms with Gasteiger partial charge in [0.25, 0.3) is 0 Å². The Labute approximate surface area is 174 Å². The fraction of sp³-hybridized carbons (Fsp3) is 0.143. The molecule has 0 bridgehead atoms. The molecule has 0 saturated carbocycles. The second kappa shape index (κ2) is 7.50. The molecule has 0 fully saturated rings. The maximum atomic E-state index is 6.21. The van der Waals surface area contributed by atoms with Crippen LogP contribution in [-0.4, -0.2) is 9.97 Å². The van der Waals surface area contributed by atoms with E-state index >= 15 is 0 Å². The highest BCUT2D eigenvalue weighted by Gasteiger charge is 2.25. The summed E-state index contributed by atoms with van der Waals surface area (Å²) in [6.45, 7) is 0.814. The highest BCUT2D eigenvalue weighted by atomic mass is 79.9. The molecule has 0 aliphatic carbocycles. The standard InChI is InChI=1S/C21H15BrN2O3S/c22-16-8-14(10-25-19-17-6-7-28-20(17)24-12-23-19)18-15(9-16)11-26-21(27-18)13-4-2-1-3-5-13/h1-9,12,21H,10-11H2/t21-/m1/s1. The molecule has 5 rings (SSSR count). The summed E-state index contributed by atoms with van der Waals surface area (Å²) in [6.07, 6.45) is 1.09. The number of benzene rings is 2. The zero-order chi connectivity index (χ0) is 18.9. The molecule has 0 unspecified atom stereocenters. The van der Waals surface area contributed by atoms with Crippen LogP contribution in [0.3, 0.4) is 0 Å². The van der Waals surface area contributed by atoms with Crippen LogP contribution in [0.1, 0.15) is 23.0 Å². The minimum atomic E-state index is -0.434. The fourth-order valence-corrected chi connectivity index (χ4v) is 4.46. The Hall–Kier alpha value is -2.48. The van der Waals surface area contributed by atoms with Crippen molar-refractivity contribution in [3.63, 3.8) is 0 Å². The van der Waals surface area contributed by atoms with E-state index in [4.69, 9.17) is 14.2 Å². The fourth-order valence-electron chi connectivity index (χ4n) is 3.19.